The van der Waals surface area contributed by atoms with Crippen molar-refractivity contribution in [2.45, 2.75) is 6.54 Å². The topological polar surface area (TPSA) is 55.1 Å². The summed E-state index contributed by atoms with van der Waals surface area (Å²) in [5, 5.41) is 10.1. The molecule has 0 aliphatic heterocycles. The smallest absolute Gasteiger partial charge is 0.352 e. The maximum Gasteiger partial charge on any atom is 0.352 e. The quantitative estimate of drug-likeness (QED) is 0.690. The molecule has 1 N–H and O–H groups in total. The van der Waals surface area contributed by atoms with E-state index < -0.39 is 5.97 Å². The first kappa shape index (κ1) is 14.0. The summed E-state index contributed by atoms with van der Waals surface area (Å²) in [5.41, 5.74) is 1.24. The average Bonchev–Trinajstić information content (AvgIpc) is 2.81. The van der Waals surface area contributed by atoms with E-state index in [4.69, 9.17) is 0 Å². The Morgan fingerprint density at radius 3 is 2.86 bits per heavy atom. The number of hydrogen-bond donors (Lipinski definition) is 1. The normalized spacial score (nSPS) is 11.0. The Bertz CT molecular complexity index is 845. The summed E-state index contributed by atoms with van der Waals surface area (Å²) < 4.78 is 16.4. The van der Waals surface area contributed by atoms with Gasteiger partial charge in [-0.25, -0.2) is 9.18 Å². The molecular weight excluding hydrogens is 386 g/mol. The molecular formula is C15H10FIN2O2. The molecule has 0 spiro atoms. The summed E-state index contributed by atoms with van der Waals surface area (Å²) in [7, 11) is 0. The van der Waals surface area contributed by atoms with Crippen LogP contribution in [0, 0.1) is 9.39 Å². The van der Waals surface area contributed by atoms with E-state index in [2.05, 4.69) is 4.98 Å². The average molecular weight is 396 g/mol. The minimum absolute atomic E-state index is 0.121. The lowest BCUT2D eigenvalue weighted by molar-refractivity contribution is 0.0686. The van der Waals surface area contributed by atoms with E-state index in [9.17, 15) is 14.3 Å². The van der Waals surface area contributed by atoms with Crippen LogP contribution in [-0.4, -0.2) is 20.6 Å². The van der Waals surface area contributed by atoms with Gasteiger partial charge in [0.15, 0.2) is 0 Å². The molecule has 0 aliphatic carbocycles. The van der Waals surface area contributed by atoms with Crippen LogP contribution < -0.4 is 0 Å². The second-order valence-electron chi connectivity index (χ2n) is 4.59. The fourth-order valence-corrected chi connectivity index (χ4v) is 2.72. The van der Waals surface area contributed by atoms with E-state index in [1.165, 1.54) is 6.07 Å². The molecule has 2 heterocycles. The van der Waals surface area contributed by atoms with Gasteiger partial charge in [0, 0.05) is 20.7 Å². The van der Waals surface area contributed by atoms with Gasteiger partial charge >= 0.3 is 5.97 Å². The number of nitrogens with zero attached hydrogens (tertiary/aromatic N) is 2. The third-order valence-electron chi connectivity index (χ3n) is 3.27. The van der Waals surface area contributed by atoms with Crippen LogP contribution in [0.4, 0.5) is 4.39 Å². The van der Waals surface area contributed by atoms with Crippen molar-refractivity contribution >= 4 is 39.5 Å². The van der Waals surface area contributed by atoms with Crippen LogP contribution in [0.5, 0.6) is 0 Å². The number of aromatic nitrogens is 2. The first-order chi connectivity index (χ1) is 10.1. The highest BCUT2D eigenvalue weighted by Gasteiger charge is 2.16. The molecule has 3 rings (SSSR count). The number of carbonyl (C=O) groups is 1. The maximum atomic E-state index is 14.0. The van der Waals surface area contributed by atoms with Gasteiger partial charge in [0.25, 0.3) is 0 Å². The van der Waals surface area contributed by atoms with Gasteiger partial charge < -0.3 is 9.67 Å². The van der Waals surface area contributed by atoms with Crippen LogP contribution in [0.1, 0.15) is 16.1 Å². The first-order valence-corrected chi connectivity index (χ1v) is 7.24. The van der Waals surface area contributed by atoms with E-state index in [-0.39, 0.29) is 18.1 Å². The van der Waals surface area contributed by atoms with E-state index in [0.29, 0.717) is 11.1 Å². The summed E-state index contributed by atoms with van der Waals surface area (Å²) >= 11 is 2.03. The molecule has 0 bridgehead atoms. The second kappa shape index (κ2) is 5.44. The molecule has 0 atom stereocenters. The third-order valence-corrected chi connectivity index (χ3v) is 3.94. The van der Waals surface area contributed by atoms with Gasteiger partial charge in [0.2, 0.25) is 0 Å². The first-order valence-electron chi connectivity index (χ1n) is 6.17. The summed E-state index contributed by atoms with van der Waals surface area (Å²) in [6, 6.07) is 8.21. The summed E-state index contributed by atoms with van der Waals surface area (Å²) in [6.45, 7) is 0.152. The Morgan fingerprint density at radius 2 is 2.14 bits per heavy atom. The predicted molar refractivity (Wildman–Crippen MR) is 84.9 cm³/mol. The number of hydrogen-bond acceptors (Lipinski definition) is 2. The van der Waals surface area contributed by atoms with Crippen LogP contribution in [0.2, 0.25) is 0 Å². The maximum absolute atomic E-state index is 14.0. The number of halogens is 2. The lowest BCUT2D eigenvalue weighted by Crippen LogP contribution is -2.10. The van der Waals surface area contributed by atoms with Crippen molar-refractivity contribution in [2.24, 2.45) is 0 Å². The second-order valence-corrected chi connectivity index (χ2v) is 5.84. The molecule has 0 aliphatic rings. The van der Waals surface area contributed by atoms with Crippen molar-refractivity contribution in [3.05, 3.63) is 63.4 Å². The van der Waals surface area contributed by atoms with Crippen LogP contribution in [0.15, 0.2) is 42.7 Å². The molecule has 6 heteroatoms. The standard InChI is InChI=1S/C15H10FIN2O2/c16-12-6-11(17)2-1-10(12)8-19-13(15(20)21)5-9-3-4-18-7-14(9)19/h1-7H,8H2,(H,20,21). The molecule has 0 saturated heterocycles. The van der Waals surface area contributed by atoms with Crippen molar-refractivity contribution in [3.8, 4) is 0 Å². The summed E-state index contributed by atoms with van der Waals surface area (Å²) in [6.07, 6.45) is 3.19. The molecule has 0 amide bonds. The molecule has 0 radical (unpaired) electrons. The molecule has 106 valence electrons. The number of rotatable bonds is 3. The molecule has 3 aromatic rings. The SMILES string of the molecule is O=C(O)c1cc2ccncc2n1Cc1ccc(I)cc1F. The van der Waals surface area contributed by atoms with E-state index in [0.717, 1.165) is 8.96 Å². The van der Waals surface area contributed by atoms with Crippen LogP contribution >= 0.6 is 22.6 Å². The Morgan fingerprint density at radius 1 is 1.33 bits per heavy atom. The highest BCUT2D eigenvalue weighted by molar-refractivity contribution is 14.1. The lowest BCUT2D eigenvalue weighted by atomic mass is 10.2. The fraction of sp³-hybridized carbons (Fsp3) is 0.0667. The predicted octanol–water partition coefficient (Wildman–Crippen LogP) is 3.53. The van der Waals surface area contributed by atoms with Crippen LogP contribution in [0.3, 0.4) is 0 Å². The minimum Gasteiger partial charge on any atom is -0.477 e. The van der Waals surface area contributed by atoms with E-state index in [1.807, 2.05) is 22.6 Å². The molecule has 0 saturated carbocycles. The van der Waals surface area contributed by atoms with Gasteiger partial charge in [-0.2, -0.15) is 0 Å². The number of carboxylic acids is 1. The number of aromatic carboxylic acids is 1. The number of fused-ring (bicyclic) bond motifs is 1. The Labute approximate surface area is 133 Å². The van der Waals surface area contributed by atoms with Gasteiger partial charge in [-0.1, -0.05) is 6.07 Å². The van der Waals surface area contributed by atoms with Gasteiger partial charge in [0.1, 0.15) is 11.5 Å². The Hall–Kier alpha value is -1.96. The molecule has 0 fully saturated rings. The van der Waals surface area contributed by atoms with E-state index >= 15 is 0 Å². The monoisotopic (exact) mass is 396 g/mol. The van der Waals surface area contributed by atoms with Gasteiger partial charge in [-0.05, 0) is 46.9 Å². The summed E-state index contributed by atoms with van der Waals surface area (Å²) in [4.78, 5) is 15.4. The van der Waals surface area contributed by atoms with Crippen molar-refractivity contribution in [3.63, 3.8) is 0 Å². The molecule has 4 nitrogen and oxygen atoms in total. The highest BCUT2D eigenvalue weighted by Crippen LogP contribution is 2.22. The molecule has 0 unspecified atom stereocenters. The van der Waals surface area contributed by atoms with Gasteiger partial charge in [-0.3, -0.25) is 4.98 Å². The van der Waals surface area contributed by atoms with Crippen molar-refractivity contribution < 1.29 is 14.3 Å². The van der Waals surface area contributed by atoms with Gasteiger partial charge in [-0.15, -0.1) is 0 Å². The van der Waals surface area contributed by atoms with Crippen molar-refractivity contribution in [1.29, 1.82) is 0 Å². The lowest BCUT2D eigenvalue weighted by Gasteiger charge is -2.09. The summed E-state index contributed by atoms with van der Waals surface area (Å²) in [5.74, 6) is -1.39. The number of carboxylic acid groups (broad SMARTS) is 1. The van der Waals surface area contributed by atoms with Gasteiger partial charge in [0.05, 0.1) is 18.3 Å². The zero-order valence-electron chi connectivity index (χ0n) is 10.8. The third kappa shape index (κ3) is 2.63. The van der Waals surface area contributed by atoms with Crippen LogP contribution in [0.25, 0.3) is 10.9 Å². The van der Waals surface area contributed by atoms with Crippen molar-refractivity contribution in [1.82, 2.24) is 9.55 Å². The van der Waals surface area contributed by atoms with E-state index in [1.54, 1.807) is 41.2 Å². The van der Waals surface area contributed by atoms with Crippen LogP contribution in [-0.2, 0) is 6.54 Å². The number of pyridine rings is 1. The number of benzene rings is 1. The van der Waals surface area contributed by atoms with Crippen molar-refractivity contribution in [2.75, 3.05) is 0 Å². The zero-order chi connectivity index (χ0) is 15.0. The molecule has 21 heavy (non-hydrogen) atoms. The fourth-order valence-electron chi connectivity index (χ4n) is 2.27. The highest BCUT2D eigenvalue weighted by atomic mass is 127. The molecule has 2 aromatic heterocycles. The molecule has 1 aromatic carbocycles. The minimum atomic E-state index is -1.04. The zero-order valence-corrected chi connectivity index (χ0v) is 12.9. The largest absolute Gasteiger partial charge is 0.477 e. The Balaban J connectivity index is 2.14. The Kier molecular flexibility index (Phi) is 3.62.